The zero-order valence-electron chi connectivity index (χ0n) is 11.5. The molecule has 0 unspecified atom stereocenters. The summed E-state index contributed by atoms with van der Waals surface area (Å²) in [5.74, 6) is 6.74. The number of carbonyl (C=O) groups is 1. The maximum Gasteiger partial charge on any atom is 0.252 e. The average molecular weight is 276 g/mol. The molecule has 1 rings (SSSR count). The second-order valence-corrected chi connectivity index (χ2v) is 5.14. The number of nitrogens with one attached hydrogen (secondary N) is 1. The first-order valence-electron chi connectivity index (χ1n) is 6.25. The summed E-state index contributed by atoms with van der Waals surface area (Å²) in [5.41, 5.74) is 7.83. The van der Waals surface area contributed by atoms with Crippen molar-refractivity contribution in [2.75, 3.05) is 25.1 Å². The highest BCUT2D eigenvalue weighted by Gasteiger charge is 2.09. The standard InChI is InChI=1S/C15H20N2OS/c1-12-6-7-14(13(11-12)5-3-8-16)15(18)17-9-4-10-19-2/h6-7,11H,4,8-10,16H2,1-2H3,(H,17,18). The normalized spacial score (nSPS) is 9.63. The average Bonchev–Trinajstić information content (AvgIpc) is 2.41. The topological polar surface area (TPSA) is 55.1 Å². The number of rotatable bonds is 5. The van der Waals surface area contributed by atoms with Crippen LogP contribution in [0.4, 0.5) is 0 Å². The minimum Gasteiger partial charge on any atom is -0.352 e. The Labute approximate surface area is 119 Å². The van der Waals surface area contributed by atoms with E-state index in [2.05, 4.69) is 23.4 Å². The quantitative estimate of drug-likeness (QED) is 0.637. The summed E-state index contributed by atoms with van der Waals surface area (Å²) >= 11 is 1.78. The number of nitrogens with two attached hydrogens (primary N) is 1. The maximum absolute atomic E-state index is 12.1. The largest absolute Gasteiger partial charge is 0.352 e. The molecule has 0 atom stereocenters. The first-order chi connectivity index (χ1) is 9.19. The lowest BCUT2D eigenvalue weighted by Crippen LogP contribution is -2.25. The highest BCUT2D eigenvalue weighted by Crippen LogP contribution is 2.10. The fraction of sp³-hybridized carbons (Fsp3) is 0.400. The Balaban J connectivity index is 2.78. The molecule has 3 nitrogen and oxygen atoms in total. The molecule has 0 aliphatic heterocycles. The summed E-state index contributed by atoms with van der Waals surface area (Å²) in [6.07, 6.45) is 3.03. The summed E-state index contributed by atoms with van der Waals surface area (Å²) in [6, 6.07) is 5.66. The molecule has 1 aromatic carbocycles. The van der Waals surface area contributed by atoms with E-state index in [-0.39, 0.29) is 5.91 Å². The number of thioether (sulfide) groups is 1. The van der Waals surface area contributed by atoms with Crippen molar-refractivity contribution in [2.24, 2.45) is 5.73 Å². The smallest absolute Gasteiger partial charge is 0.252 e. The van der Waals surface area contributed by atoms with Crippen molar-refractivity contribution in [1.29, 1.82) is 0 Å². The molecule has 102 valence electrons. The molecule has 0 aromatic heterocycles. The van der Waals surface area contributed by atoms with Crippen molar-refractivity contribution in [1.82, 2.24) is 5.32 Å². The first-order valence-corrected chi connectivity index (χ1v) is 7.65. The van der Waals surface area contributed by atoms with Crippen molar-refractivity contribution in [3.05, 3.63) is 34.9 Å². The van der Waals surface area contributed by atoms with Gasteiger partial charge in [-0.05, 0) is 43.0 Å². The highest BCUT2D eigenvalue weighted by atomic mass is 32.2. The van der Waals surface area contributed by atoms with Crippen LogP contribution in [0.15, 0.2) is 18.2 Å². The van der Waals surface area contributed by atoms with Gasteiger partial charge in [-0.15, -0.1) is 0 Å². The number of aryl methyl sites for hydroxylation is 1. The van der Waals surface area contributed by atoms with Crippen molar-refractivity contribution < 1.29 is 4.79 Å². The van der Waals surface area contributed by atoms with Crippen LogP contribution in [0.25, 0.3) is 0 Å². The molecule has 0 spiro atoms. The van der Waals surface area contributed by atoms with Crippen molar-refractivity contribution >= 4 is 17.7 Å². The van der Waals surface area contributed by atoms with Crippen molar-refractivity contribution in [2.45, 2.75) is 13.3 Å². The zero-order valence-corrected chi connectivity index (χ0v) is 12.3. The Morgan fingerprint density at radius 1 is 1.47 bits per heavy atom. The monoisotopic (exact) mass is 276 g/mol. The number of carbonyl (C=O) groups excluding carboxylic acids is 1. The second-order valence-electron chi connectivity index (χ2n) is 4.16. The van der Waals surface area contributed by atoms with Gasteiger partial charge >= 0.3 is 0 Å². The van der Waals surface area contributed by atoms with Crippen molar-refractivity contribution in [3.8, 4) is 11.8 Å². The molecule has 0 heterocycles. The van der Waals surface area contributed by atoms with Gasteiger partial charge < -0.3 is 11.1 Å². The van der Waals surface area contributed by atoms with Gasteiger partial charge in [-0.2, -0.15) is 11.8 Å². The molecule has 3 N–H and O–H groups in total. The molecule has 0 saturated heterocycles. The van der Waals surface area contributed by atoms with E-state index in [1.165, 1.54) is 0 Å². The molecule has 0 fully saturated rings. The first kappa shape index (κ1) is 15.6. The van der Waals surface area contributed by atoms with E-state index >= 15 is 0 Å². The van der Waals surface area contributed by atoms with E-state index in [1.54, 1.807) is 11.8 Å². The van der Waals surface area contributed by atoms with E-state index in [1.807, 2.05) is 25.1 Å². The molecule has 0 bridgehead atoms. The van der Waals surface area contributed by atoms with Gasteiger partial charge in [0.1, 0.15) is 0 Å². The van der Waals surface area contributed by atoms with Crippen LogP contribution in [-0.2, 0) is 0 Å². The fourth-order valence-electron chi connectivity index (χ4n) is 1.62. The predicted octanol–water partition coefficient (Wildman–Crippen LogP) is 1.79. The Hall–Kier alpha value is -1.44. The summed E-state index contributed by atoms with van der Waals surface area (Å²) in [4.78, 5) is 12.1. The Morgan fingerprint density at radius 3 is 2.95 bits per heavy atom. The maximum atomic E-state index is 12.1. The van der Waals surface area contributed by atoms with Gasteiger partial charge in [-0.1, -0.05) is 17.9 Å². The summed E-state index contributed by atoms with van der Waals surface area (Å²) in [5, 5.41) is 2.92. The highest BCUT2D eigenvalue weighted by molar-refractivity contribution is 7.98. The zero-order chi connectivity index (χ0) is 14.1. The van der Waals surface area contributed by atoms with E-state index in [9.17, 15) is 4.79 Å². The summed E-state index contributed by atoms with van der Waals surface area (Å²) < 4.78 is 0. The molecule has 1 amide bonds. The summed E-state index contributed by atoms with van der Waals surface area (Å²) in [6.45, 7) is 2.97. The molecular weight excluding hydrogens is 256 g/mol. The number of benzene rings is 1. The summed E-state index contributed by atoms with van der Waals surface area (Å²) in [7, 11) is 0. The van der Waals surface area contributed by atoms with Crippen LogP contribution in [0.2, 0.25) is 0 Å². The van der Waals surface area contributed by atoms with Gasteiger partial charge in [0, 0.05) is 12.1 Å². The molecule has 4 heteroatoms. The molecule has 0 aliphatic carbocycles. The number of hydrogen-bond donors (Lipinski definition) is 2. The van der Waals surface area contributed by atoms with E-state index in [4.69, 9.17) is 5.73 Å². The van der Waals surface area contributed by atoms with Crippen LogP contribution < -0.4 is 11.1 Å². The third-order valence-electron chi connectivity index (χ3n) is 2.56. The number of amides is 1. The predicted molar refractivity (Wildman–Crippen MR) is 82.4 cm³/mol. The van der Waals surface area contributed by atoms with E-state index in [0.717, 1.165) is 23.3 Å². The Kier molecular flexibility index (Phi) is 7.09. The van der Waals surface area contributed by atoms with Crippen LogP contribution >= 0.6 is 11.8 Å². The number of hydrogen-bond acceptors (Lipinski definition) is 3. The third-order valence-corrected chi connectivity index (χ3v) is 3.25. The lowest BCUT2D eigenvalue weighted by atomic mass is 10.0. The van der Waals surface area contributed by atoms with E-state index < -0.39 is 0 Å². The molecule has 19 heavy (non-hydrogen) atoms. The van der Waals surface area contributed by atoms with Gasteiger partial charge in [0.15, 0.2) is 0 Å². The molecular formula is C15H20N2OS. The molecule has 0 aliphatic rings. The molecule has 0 radical (unpaired) electrons. The van der Waals surface area contributed by atoms with Crippen LogP contribution in [0.5, 0.6) is 0 Å². The van der Waals surface area contributed by atoms with Gasteiger partial charge in [-0.3, -0.25) is 4.79 Å². The molecule has 0 saturated carbocycles. The van der Waals surface area contributed by atoms with Crippen molar-refractivity contribution in [3.63, 3.8) is 0 Å². The minimum absolute atomic E-state index is 0.0672. The minimum atomic E-state index is -0.0672. The van der Waals surface area contributed by atoms with Crippen LogP contribution in [0.1, 0.15) is 27.9 Å². The van der Waals surface area contributed by atoms with Gasteiger partial charge in [0.2, 0.25) is 0 Å². The van der Waals surface area contributed by atoms with Gasteiger partial charge in [0.05, 0.1) is 12.1 Å². The fourth-order valence-corrected chi connectivity index (χ4v) is 2.05. The lowest BCUT2D eigenvalue weighted by Gasteiger charge is -2.07. The van der Waals surface area contributed by atoms with Crippen LogP contribution in [0.3, 0.4) is 0 Å². The molecule has 1 aromatic rings. The third kappa shape index (κ3) is 5.37. The van der Waals surface area contributed by atoms with Gasteiger partial charge in [-0.25, -0.2) is 0 Å². The van der Waals surface area contributed by atoms with E-state index in [0.29, 0.717) is 18.7 Å². The Morgan fingerprint density at radius 2 is 2.26 bits per heavy atom. The Bertz CT molecular complexity index is 489. The van der Waals surface area contributed by atoms with Crippen LogP contribution in [0, 0.1) is 18.8 Å². The van der Waals surface area contributed by atoms with Crippen LogP contribution in [-0.4, -0.2) is 31.0 Å². The lowest BCUT2D eigenvalue weighted by molar-refractivity contribution is 0.0953. The SMILES string of the molecule is CSCCCNC(=O)c1ccc(C)cc1C#CCN. The second kappa shape index (κ2) is 8.63. The van der Waals surface area contributed by atoms with Gasteiger partial charge in [0.25, 0.3) is 5.91 Å².